The van der Waals surface area contributed by atoms with Gasteiger partial charge in [0.1, 0.15) is 11.4 Å². The predicted molar refractivity (Wildman–Crippen MR) is 101 cm³/mol. The number of sulfonamides is 1. The van der Waals surface area contributed by atoms with Gasteiger partial charge in [0.2, 0.25) is 15.9 Å². The maximum absolute atomic E-state index is 13.2. The van der Waals surface area contributed by atoms with Crippen LogP contribution in [0.5, 0.6) is 5.75 Å². The Morgan fingerprint density at radius 1 is 1.31 bits per heavy atom. The molecule has 2 aliphatic rings. The van der Waals surface area contributed by atoms with Crippen molar-refractivity contribution < 1.29 is 17.9 Å². The Hall–Kier alpha value is -1.60. The lowest BCUT2D eigenvalue weighted by Crippen LogP contribution is -2.49. The molecule has 1 aromatic carbocycles. The zero-order valence-electron chi connectivity index (χ0n) is 16.0. The number of hydrogen-bond donors (Lipinski definition) is 0. The van der Waals surface area contributed by atoms with Crippen LogP contribution in [-0.2, 0) is 14.8 Å². The summed E-state index contributed by atoms with van der Waals surface area (Å²) in [5.41, 5.74) is 0.0159. The Kier molecular flexibility index (Phi) is 5.05. The Balaban J connectivity index is 2.02. The van der Waals surface area contributed by atoms with Gasteiger partial charge in [-0.3, -0.25) is 4.79 Å². The lowest BCUT2D eigenvalue weighted by atomic mass is 10.0. The first kappa shape index (κ1) is 19.2. The van der Waals surface area contributed by atoms with E-state index in [-0.39, 0.29) is 16.8 Å². The highest BCUT2D eigenvalue weighted by Crippen LogP contribution is 2.39. The van der Waals surface area contributed by atoms with Crippen molar-refractivity contribution in [1.82, 2.24) is 4.31 Å². The van der Waals surface area contributed by atoms with Gasteiger partial charge in [0.25, 0.3) is 0 Å². The van der Waals surface area contributed by atoms with Crippen LogP contribution >= 0.6 is 0 Å². The summed E-state index contributed by atoms with van der Waals surface area (Å²) in [5.74, 6) is 0.419. The third-order valence-corrected chi connectivity index (χ3v) is 7.13. The maximum atomic E-state index is 13.2. The second kappa shape index (κ2) is 6.85. The monoisotopic (exact) mass is 380 g/mol. The van der Waals surface area contributed by atoms with E-state index < -0.39 is 15.6 Å². The van der Waals surface area contributed by atoms with Crippen LogP contribution in [0.15, 0.2) is 23.1 Å². The molecule has 0 aliphatic carbocycles. The molecule has 1 amide bonds. The van der Waals surface area contributed by atoms with Crippen LogP contribution in [0.2, 0.25) is 0 Å². The molecule has 26 heavy (non-hydrogen) atoms. The smallest absolute Gasteiger partial charge is 0.243 e. The maximum Gasteiger partial charge on any atom is 0.243 e. The molecule has 6 nitrogen and oxygen atoms in total. The molecular weight excluding hydrogens is 352 g/mol. The lowest BCUT2D eigenvalue weighted by molar-refractivity contribution is -0.117. The molecule has 0 saturated carbocycles. The first-order valence-electron chi connectivity index (χ1n) is 9.29. The number of piperidine rings is 1. The van der Waals surface area contributed by atoms with E-state index in [0.717, 1.165) is 25.7 Å². The Morgan fingerprint density at radius 3 is 2.69 bits per heavy atom. The summed E-state index contributed by atoms with van der Waals surface area (Å²) >= 11 is 0. The van der Waals surface area contributed by atoms with Gasteiger partial charge in [0.05, 0.1) is 17.1 Å². The van der Waals surface area contributed by atoms with E-state index in [1.54, 1.807) is 27.4 Å². The van der Waals surface area contributed by atoms with Crippen molar-refractivity contribution in [2.24, 2.45) is 0 Å². The molecular formula is C19H28N2O4S. The fourth-order valence-corrected chi connectivity index (χ4v) is 5.65. The standard InChI is InChI=1S/C19H28N2O4S/c1-5-15-8-6-7-11-21(15)26(23,24)16-9-10-18-17(12-16)20(14(2)22)13-19(3,4)25-18/h9-10,12,15H,5-8,11,13H2,1-4H3. The third kappa shape index (κ3) is 3.47. The van der Waals surface area contributed by atoms with Crippen molar-refractivity contribution in [1.29, 1.82) is 0 Å². The van der Waals surface area contributed by atoms with Gasteiger partial charge < -0.3 is 9.64 Å². The van der Waals surface area contributed by atoms with Crippen LogP contribution in [0.4, 0.5) is 5.69 Å². The summed E-state index contributed by atoms with van der Waals surface area (Å²) in [4.78, 5) is 14.0. The van der Waals surface area contributed by atoms with Crippen molar-refractivity contribution in [3.63, 3.8) is 0 Å². The van der Waals surface area contributed by atoms with Gasteiger partial charge >= 0.3 is 0 Å². The Morgan fingerprint density at radius 2 is 2.04 bits per heavy atom. The zero-order valence-corrected chi connectivity index (χ0v) is 16.8. The number of rotatable bonds is 3. The molecule has 0 N–H and O–H groups in total. The van der Waals surface area contributed by atoms with Gasteiger partial charge in [0.15, 0.2) is 0 Å². The van der Waals surface area contributed by atoms with Gasteiger partial charge in [0, 0.05) is 19.5 Å². The van der Waals surface area contributed by atoms with E-state index in [2.05, 4.69) is 0 Å². The molecule has 0 spiro atoms. The number of anilines is 1. The van der Waals surface area contributed by atoms with Crippen LogP contribution in [0.25, 0.3) is 0 Å². The van der Waals surface area contributed by atoms with Crippen LogP contribution in [0.1, 0.15) is 53.4 Å². The zero-order chi connectivity index (χ0) is 19.1. The number of amides is 1. The van der Waals surface area contributed by atoms with Gasteiger partial charge in [-0.15, -0.1) is 0 Å². The molecule has 0 bridgehead atoms. The van der Waals surface area contributed by atoms with Crippen molar-refractivity contribution in [3.8, 4) is 5.75 Å². The number of carbonyl (C=O) groups excluding carboxylic acids is 1. The summed E-state index contributed by atoms with van der Waals surface area (Å²) in [6.45, 7) is 8.28. The van der Waals surface area contributed by atoms with E-state index in [1.165, 1.54) is 6.92 Å². The molecule has 1 atom stereocenters. The van der Waals surface area contributed by atoms with Gasteiger partial charge in [-0.25, -0.2) is 8.42 Å². The average molecular weight is 381 g/mol. The van der Waals surface area contributed by atoms with Crippen LogP contribution < -0.4 is 9.64 Å². The van der Waals surface area contributed by atoms with E-state index in [1.807, 2.05) is 20.8 Å². The second-order valence-electron chi connectivity index (χ2n) is 7.77. The molecule has 1 aromatic rings. The number of hydrogen-bond acceptors (Lipinski definition) is 4. The fourth-order valence-electron chi connectivity index (χ4n) is 3.87. The summed E-state index contributed by atoms with van der Waals surface area (Å²) in [5, 5.41) is 0. The van der Waals surface area contributed by atoms with Crippen LogP contribution in [-0.4, -0.2) is 43.4 Å². The largest absolute Gasteiger partial charge is 0.484 e. The van der Waals surface area contributed by atoms with Crippen molar-refractivity contribution in [2.75, 3.05) is 18.0 Å². The van der Waals surface area contributed by atoms with E-state index in [0.29, 0.717) is 24.5 Å². The predicted octanol–water partition coefficient (Wildman–Crippen LogP) is 3.16. The second-order valence-corrected chi connectivity index (χ2v) is 9.66. The highest BCUT2D eigenvalue weighted by Gasteiger charge is 2.37. The minimum Gasteiger partial charge on any atom is -0.484 e. The molecule has 1 unspecified atom stereocenters. The molecule has 3 rings (SSSR count). The van der Waals surface area contributed by atoms with E-state index >= 15 is 0 Å². The Bertz CT molecular complexity index is 804. The summed E-state index contributed by atoms with van der Waals surface area (Å²) in [6, 6.07) is 4.89. The number of fused-ring (bicyclic) bond motifs is 1. The summed E-state index contributed by atoms with van der Waals surface area (Å²) in [6.07, 6.45) is 3.66. The summed E-state index contributed by atoms with van der Waals surface area (Å²) in [7, 11) is -3.59. The van der Waals surface area contributed by atoms with E-state index in [4.69, 9.17) is 4.74 Å². The molecule has 2 aliphatic heterocycles. The fraction of sp³-hybridized carbons (Fsp3) is 0.632. The molecule has 0 radical (unpaired) electrons. The quantitative estimate of drug-likeness (QED) is 0.808. The molecule has 144 valence electrons. The molecule has 2 heterocycles. The highest BCUT2D eigenvalue weighted by atomic mass is 32.2. The van der Waals surface area contributed by atoms with E-state index in [9.17, 15) is 13.2 Å². The lowest BCUT2D eigenvalue weighted by Gasteiger charge is -2.40. The molecule has 7 heteroatoms. The molecule has 0 aromatic heterocycles. The SMILES string of the molecule is CCC1CCCCN1S(=O)(=O)c1ccc2c(c1)N(C(C)=O)CC(C)(C)O2. The number of benzene rings is 1. The normalized spacial score (nSPS) is 23.2. The molecule has 1 saturated heterocycles. The van der Waals surface area contributed by atoms with Crippen molar-refractivity contribution >= 4 is 21.6 Å². The summed E-state index contributed by atoms with van der Waals surface area (Å²) < 4.78 is 34.0. The van der Waals surface area contributed by atoms with Gasteiger partial charge in [-0.2, -0.15) is 4.31 Å². The van der Waals surface area contributed by atoms with Crippen molar-refractivity contribution in [2.45, 2.75) is 69.9 Å². The number of ether oxygens (including phenoxy) is 1. The number of nitrogens with zero attached hydrogens (tertiary/aromatic N) is 2. The highest BCUT2D eigenvalue weighted by molar-refractivity contribution is 7.89. The topological polar surface area (TPSA) is 66.9 Å². The Labute approximate surface area is 156 Å². The first-order chi connectivity index (χ1) is 12.2. The minimum atomic E-state index is -3.59. The van der Waals surface area contributed by atoms with Crippen LogP contribution in [0.3, 0.4) is 0 Å². The minimum absolute atomic E-state index is 0.0453. The first-order valence-corrected chi connectivity index (χ1v) is 10.7. The average Bonchev–Trinajstić information content (AvgIpc) is 2.59. The van der Waals surface area contributed by atoms with Gasteiger partial charge in [-0.1, -0.05) is 13.3 Å². The van der Waals surface area contributed by atoms with Gasteiger partial charge in [-0.05, 0) is 51.3 Å². The van der Waals surface area contributed by atoms with Crippen molar-refractivity contribution in [3.05, 3.63) is 18.2 Å². The number of carbonyl (C=O) groups is 1. The van der Waals surface area contributed by atoms with Crippen LogP contribution in [0, 0.1) is 0 Å². The molecule has 1 fully saturated rings. The third-order valence-electron chi connectivity index (χ3n) is 5.18.